The molecule has 0 aromatic carbocycles. The molecule has 1 saturated carbocycles. The predicted molar refractivity (Wildman–Crippen MR) is 89.7 cm³/mol. The molecule has 1 aliphatic rings. The van der Waals surface area contributed by atoms with Crippen LogP contribution < -0.4 is 5.32 Å². The minimum atomic E-state index is -0.378. The van der Waals surface area contributed by atoms with Gasteiger partial charge in [-0.1, -0.05) is 20.3 Å². The molecule has 2 rings (SSSR count). The molecule has 23 heavy (non-hydrogen) atoms. The van der Waals surface area contributed by atoms with E-state index in [1.165, 1.54) is 6.42 Å². The van der Waals surface area contributed by atoms with E-state index in [1.54, 1.807) is 20.8 Å². The first-order chi connectivity index (χ1) is 10.9. The molecular formula is C18H28N2O3. The summed E-state index contributed by atoms with van der Waals surface area (Å²) in [4.78, 5) is 27.8. The smallest absolute Gasteiger partial charge is 0.340 e. The van der Waals surface area contributed by atoms with Crippen molar-refractivity contribution in [1.82, 2.24) is 10.3 Å². The number of amides is 1. The standard InChI is InChI=1S/C18H28N2O3/c1-6-23-18(22)14-12(4)16(19-13(14)5)17(21)20-15-10(2)8-7-9-11(15)3/h10-11,15,19H,6-9H2,1-5H3,(H,20,21). The lowest BCUT2D eigenvalue weighted by atomic mass is 9.78. The largest absolute Gasteiger partial charge is 0.462 e. The molecule has 0 bridgehead atoms. The van der Waals surface area contributed by atoms with Crippen LogP contribution in [0.15, 0.2) is 0 Å². The fourth-order valence-corrected chi connectivity index (χ4v) is 3.68. The molecule has 1 amide bonds. The van der Waals surface area contributed by atoms with Gasteiger partial charge in [0.15, 0.2) is 0 Å². The number of aryl methyl sites for hydroxylation is 1. The lowest BCUT2D eigenvalue weighted by Crippen LogP contribution is -2.46. The van der Waals surface area contributed by atoms with Gasteiger partial charge in [0.1, 0.15) is 5.69 Å². The van der Waals surface area contributed by atoms with Gasteiger partial charge in [0.05, 0.1) is 12.2 Å². The molecule has 1 heterocycles. The van der Waals surface area contributed by atoms with E-state index in [2.05, 4.69) is 24.1 Å². The molecule has 2 atom stereocenters. The van der Waals surface area contributed by atoms with E-state index in [4.69, 9.17) is 4.74 Å². The van der Waals surface area contributed by atoms with Gasteiger partial charge < -0.3 is 15.0 Å². The number of ether oxygens (including phenoxy) is 1. The number of H-pyrrole nitrogens is 1. The number of esters is 1. The van der Waals surface area contributed by atoms with Crippen molar-refractivity contribution in [3.63, 3.8) is 0 Å². The summed E-state index contributed by atoms with van der Waals surface area (Å²) in [6.07, 6.45) is 3.51. The minimum absolute atomic E-state index is 0.133. The first-order valence-corrected chi connectivity index (χ1v) is 8.53. The van der Waals surface area contributed by atoms with Crippen LogP contribution in [0.2, 0.25) is 0 Å². The van der Waals surface area contributed by atoms with Gasteiger partial charge >= 0.3 is 5.97 Å². The molecular weight excluding hydrogens is 292 g/mol. The Kier molecular flexibility index (Phi) is 5.50. The van der Waals surface area contributed by atoms with Crippen LogP contribution >= 0.6 is 0 Å². The first-order valence-electron chi connectivity index (χ1n) is 8.53. The molecule has 2 N–H and O–H groups in total. The predicted octanol–water partition coefficient (Wildman–Crippen LogP) is 3.36. The van der Waals surface area contributed by atoms with Gasteiger partial charge in [0, 0.05) is 11.7 Å². The zero-order valence-corrected chi connectivity index (χ0v) is 14.8. The van der Waals surface area contributed by atoms with E-state index < -0.39 is 0 Å². The molecule has 128 valence electrons. The highest BCUT2D eigenvalue weighted by atomic mass is 16.5. The average molecular weight is 320 g/mol. The van der Waals surface area contributed by atoms with Crippen molar-refractivity contribution in [3.8, 4) is 0 Å². The van der Waals surface area contributed by atoms with E-state index in [9.17, 15) is 9.59 Å². The van der Waals surface area contributed by atoms with E-state index in [0.717, 1.165) is 12.8 Å². The van der Waals surface area contributed by atoms with E-state index >= 15 is 0 Å². The Morgan fingerprint density at radius 3 is 2.39 bits per heavy atom. The fraction of sp³-hybridized carbons (Fsp3) is 0.667. The number of rotatable bonds is 4. The molecule has 5 heteroatoms. The number of aromatic nitrogens is 1. The Morgan fingerprint density at radius 2 is 1.83 bits per heavy atom. The lowest BCUT2D eigenvalue weighted by Gasteiger charge is -2.35. The summed E-state index contributed by atoms with van der Waals surface area (Å²) in [5, 5.41) is 3.16. The number of hydrogen-bond acceptors (Lipinski definition) is 3. The summed E-state index contributed by atoms with van der Waals surface area (Å²) in [7, 11) is 0. The van der Waals surface area contributed by atoms with Gasteiger partial charge in [-0.2, -0.15) is 0 Å². The van der Waals surface area contributed by atoms with Gasteiger partial charge in [-0.3, -0.25) is 4.79 Å². The number of carbonyl (C=O) groups is 2. The summed E-state index contributed by atoms with van der Waals surface area (Å²) in [6.45, 7) is 10.1. The maximum Gasteiger partial charge on any atom is 0.340 e. The van der Waals surface area contributed by atoms with Crippen LogP contribution in [-0.4, -0.2) is 29.5 Å². The monoisotopic (exact) mass is 320 g/mol. The summed E-state index contributed by atoms with van der Waals surface area (Å²) >= 11 is 0. The van der Waals surface area contributed by atoms with Gasteiger partial charge in [0.25, 0.3) is 5.91 Å². The third kappa shape index (κ3) is 3.59. The Bertz CT molecular complexity index is 581. The second-order valence-corrected chi connectivity index (χ2v) is 6.73. The lowest BCUT2D eigenvalue weighted by molar-refractivity contribution is 0.0525. The highest BCUT2D eigenvalue weighted by Gasteiger charge is 2.31. The Balaban J connectivity index is 2.20. The van der Waals surface area contributed by atoms with Gasteiger partial charge in [0.2, 0.25) is 0 Å². The van der Waals surface area contributed by atoms with Gasteiger partial charge in [-0.25, -0.2) is 4.79 Å². The molecule has 1 aromatic rings. The molecule has 5 nitrogen and oxygen atoms in total. The normalized spacial score (nSPS) is 24.3. The first kappa shape index (κ1) is 17.6. The van der Waals surface area contributed by atoms with Crippen molar-refractivity contribution < 1.29 is 14.3 Å². The summed E-state index contributed by atoms with van der Waals surface area (Å²) in [5.41, 5.74) is 2.28. The number of aromatic amines is 1. The average Bonchev–Trinajstić information content (AvgIpc) is 2.78. The zero-order chi connectivity index (χ0) is 17.1. The molecule has 0 saturated heterocycles. The number of carbonyl (C=O) groups excluding carboxylic acids is 2. The van der Waals surface area contributed by atoms with E-state index in [1.807, 2.05) is 0 Å². The molecule has 0 spiro atoms. The van der Waals surface area contributed by atoms with E-state index in [0.29, 0.717) is 41.0 Å². The minimum Gasteiger partial charge on any atom is -0.462 e. The Hall–Kier alpha value is -1.78. The third-order valence-corrected chi connectivity index (χ3v) is 4.99. The van der Waals surface area contributed by atoms with Crippen LogP contribution in [0.3, 0.4) is 0 Å². The van der Waals surface area contributed by atoms with Crippen LogP contribution in [-0.2, 0) is 4.74 Å². The summed E-state index contributed by atoms with van der Waals surface area (Å²) in [5.74, 6) is 0.441. The highest BCUT2D eigenvalue weighted by Crippen LogP contribution is 2.29. The fourth-order valence-electron chi connectivity index (χ4n) is 3.68. The van der Waals surface area contributed by atoms with Gasteiger partial charge in [-0.05, 0) is 51.0 Å². The van der Waals surface area contributed by atoms with Crippen molar-refractivity contribution in [2.75, 3.05) is 6.61 Å². The molecule has 1 aromatic heterocycles. The maximum atomic E-state index is 12.7. The van der Waals surface area contributed by atoms with Crippen molar-refractivity contribution in [3.05, 3.63) is 22.5 Å². The highest BCUT2D eigenvalue weighted by molar-refractivity contribution is 6.00. The maximum absolute atomic E-state index is 12.7. The topological polar surface area (TPSA) is 71.2 Å². The molecule has 0 aliphatic heterocycles. The van der Waals surface area contributed by atoms with Crippen LogP contribution in [0.5, 0.6) is 0 Å². The summed E-state index contributed by atoms with van der Waals surface area (Å²) < 4.78 is 5.08. The van der Waals surface area contributed by atoms with Crippen LogP contribution in [0.1, 0.15) is 72.1 Å². The molecule has 1 fully saturated rings. The van der Waals surface area contributed by atoms with Crippen LogP contribution in [0.4, 0.5) is 0 Å². The van der Waals surface area contributed by atoms with Crippen molar-refractivity contribution in [2.45, 2.75) is 59.9 Å². The van der Waals surface area contributed by atoms with E-state index in [-0.39, 0.29) is 17.9 Å². The second-order valence-electron chi connectivity index (χ2n) is 6.73. The van der Waals surface area contributed by atoms with Gasteiger partial charge in [-0.15, -0.1) is 0 Å². The Morgan fingerprint density at radius 1 is 1.22 bits per heavy atom. The van der Waals surface area contributed by atoms with Crippen molar-refractivity contribution >= 4 is 11.9 Å². The summed E-state index contributed by atoms with van der Waals surface area (Å²) in [6, 6.07) is 0.185. The third-order valence-electron chi connectivity index (χ3n) is 4.99. The number of nitrogens with one attached hydrogen (secondary N) is 2. The number of hydrogen-bond donors (Lipinski definition) is 2. The Labute approximate surface area is 138 Å². The quantitative estimate of drug-likeness (QED) is 0.836. The zero-order valence-electron chi connectivity index (χ0n) is 14.8. The van der Waals surface area contributed by atoms with Crippen LogP contribution in [0.25, 0.3) is 0 Å². The van der Waals surface area contributed by atoms with Crippen molar-refractivity contribution in [2.24, 2.45) is 11.8 Å². The van der Waals surface area contributed by atoms with Crippen molar-refractivity contribution in [1.29, 1.82) is 0 Å². The molecule has 0 radical (unpaired) electrons. The SMILES string of the molecule is CCOC(=O)c1c(C)[nH]c(C(=O)NC2C(C)CCCC2C)c1C. The molecule has 1 aliphatic carbocycles. The second kappa shape index (κ2) is 7.20. The molecule has 2 unspecified atom stereocenters. The van der Waals surface area contributed by atoms with Crippen LogP contribution in [0, 0.1) is 25.7 Å².